The fourth-order valence-corrected chi connectivity index (χ4v) is 5.09. The minimum absolute atomic E-state index is 1.26. The molecule has 0 bridgehead atoms. The normalized spacial score (nSPS) is 11.8. The zero-order valence-electron chi connectivity index (χ0n) is 17.5. The lowest BCUT2D eigenvalue weighted by molar-refractivity contribution is -0.659. The summed E-state index contributed by atoms with van der Waals surface area (Å²) in [6.07, 6.45) is 2.19. The van der Waals surface area contributed by atoms with Crippen LogP contribution in [0.25, 0.3) is 33.2 Å². The van der Waals surface area contributed by atoms with Crippen LogP contribution in [0.1, 0.15) is 5.56 Å². The van der Waals surface area contributed by atoms with Gasteiger partial charge in [-0.2, -0.15) is 0 Å². The monoisotopic (exact) mass is 382 g/mol. The second-order valence-electron chi connectivity index (χ2n) is 8.72. The number of hydrogen-bond acceptors (Lipinski definition) is 0. The molecule has 0 saturated carbocycles. The van der Waals surface area contributed by atoms with Crippen LogP contribution in [-0.2, 0) is 7.05 Å². The Morgan fingerprint density at radius 3 is 2.18 bits per heavy atom. The predicted molar refractivity (Wildman–Crippen MR) is 124 cm³/mol. The van der Waals surface area contributed by atoms with Gasteiger partial charge in [-0.1, -0.05) is 79.4 Å². The Labute approximate surface area is 169 Å². The SMILES string of the molecule is Cc1cc(-c2ccccc2)ccc1-c1c2ccc([Si](C)(C)C)cc2cc[n+]1C. The first-order valence-electron chi connectivity index (χ1n) is 9.94. The second-order valence-corrected chi connectivity index (χ2v) is 13.8. The Balaban J connectivity index is 1.88. The molecular weight excluding hydrogens is 354 g/mol. The molecule has 3 aromatic carbocycles. The van der Waals surface area contributed by atoms with Gasteiger partial charge in [0, 0.05) is 11.6 Å². The summed E-state index contributed by atoms with van der Waals surface area (Å²) in [6.45, 7) is 9.44. The number of benzene rings is 3. The van der Waals surface area contributed by atoms with Crippen LogP contribution >= 0.6 is 0 Å². The standard InChI is InChI=1S/C26H28NSi/c1-19-17-21(20-9-7-6-8-10-20)11-13-24(19)26-25-14-12-23(28(3,4)5)18-22(25)15-16-27(26)2/h6-18H,1-5H3/q+1. The van der Waals surface area contributed by atoms with Gasteiger partial charge in [-0.15, -0.1) is 0 Å². The molecule has 0 unspecified atom stereocenters. The van der Waals surface area contributed by atoms with E-state index in [2.05, 4.69) is 117 Å². The van der Waals surface area contributed by atoms with Crippen molar-refractivity contribution in [2.24, 2.45) is 7.05 Å². The van der Waals surface area contributed by atoms with E-state index in [9.17, 15) is 0 Å². The average molecular weight is 383 g/mol. The maximum absolute atomic E-state index is 2.41. The van der Waals surface area contributed by atoms with Crippen LogP contribution in [0.15, 0.2) is 79.0 Å². The fourth-order valence-electron chi connectivity index (χ4n) is 3.91. The highest BCUT2D eigenvalue weighted by molar-refractivity contribution is 6.88. The maximum atomic E-state index is 2.41. The summed E-state index contributed by atoms with van der Waals surface area (Å²) in [5.41, 5.74) is 6.42. The Kier molecular flexibility index (Phi) is 4.68. The minimum Gasteiger partial charge on any atom is -0.200 e. The third-order valence-corrected chi connectivity index (χ3v) is 7.63. The molecule has 0 aliphatic rings. The van der Waals surface area contributed by atoms with E-state index >= 15 is 0 Å². The van der Waals surface area contributed by atoms with E-state index in [1.54, 1.807) is 0 Å². The molecule has 0 aliphatic carbocycles. The highest BCUT2D eigenvalue weighted by atomic mass is 28.3. The molecule has 4 aromatic rings. The largest absolute Gasteiger partial charge is 0.220 e. The molecule has 0 fully saturated rings. The molecule has 1 nitrogen and oxygen atoms in total. The summed E-state index contributed by atoms with van der Waals surface area (Å²) in [5, 5.41) is 4.16. The van der Waals surface area contributed by atoms with E-state index < -0.39 is 8.07 Å². The fraction of sp³-hybridized carbons (Fsp3) is 0.192. The summed E-state index contributed by atoms with van der Waals surface area (Å²) in [4.78, 5) is 0. The molecule has 0 N–H and O–H groups in total. The Bertz CT molecular complexity index is 1150. The van der Waals surface area contributed by atoms with Crippen molar-refractivity contribution in [3.63, 3.8) is 0 Å². The van der Waals surface area contributed by atoms with Gasteiger partial charge in [0.2, 0.25) is 5.69 Å². The van der Waals surface area contributed by atoms with Crippen molar-refractivity contribution in [2.45, 2.75) is 26.6 Å². The molecule has 140 valence electrons. The van der Waals surface area contributed by atoms with E-state index in [0.717, 1.165) is 0 Å². The van der Waals surface area contributed by atoms with Crippen LogP contribution in [0, 0.1) is 6.92 Å². The molecule has 0 atom stereocenters. The molecule has 0 saturated heterocycles. The average Bonchev–Trinajstić information content (AvgIpc) is 2.68. The number of aromatic nitrogens is 1. The molecule has 28 heavy (non-hydrogen) atoms. The summed E-state index contributed by atoms with van der Waals surface area (Å²) in [7, 11) is 0.821. The summed E-state index contributed by atoms with van der Waals surface area (Å²) < 4.78 is 2.25. The van der Waals surface area contributed by atoms with Crippen LogP contribution in [0.2, 0.25) is 19.6 Å². The molecule has 0 aliphatic heterocycles. The number of aryl methyl sites for hydroxylation is 2. The van der Waals surface area contributed by atoms with Crippen molar-refractivity contribution in [2.75, 3.05) is 0 Å². The first-order chi connectivity index (χ1) is 13.3. The summed E-state index contributed by atoms with van der Waals surface area (Å²) in [5.74, 6) is 0. The van der Waals surface area contributed by atoms with Crippen LogP contribution in [-0.4, -0.2) is 8.07 Å². The number of pyridine rings is 1. The topological polar surface area (TPSA) is 3.88 Å². The maximum Gasteiger partial charge on any atom is 0.220 e. The van der Waals surface area contributed by atoms with Gasteiger partial charge in [0.05, 0.1) is 13.5 Å². The second kappa shape index (κ2) is 7.03. The smallest absolute Gasteiger partial charge is 0.200 e. The van der Waals surface area contributed by atoms with E-state index in [4.69, 9.17) is 0 Å². The Morgan fingerprint density at radius 2 is 1.50 bits per heavy atom. The van der Waals surface area contributed by atoms with Crippen molar-refractivity contribution in [1.29, 1.82) is 0 Å². The van der Waals surface area contributed by atoms with Gasteiger partial charge >= 0.3 is 0 Å². The van der Waals surface area contributed by atoms with Crippen molar-refractivity contribution in [3.8, 4) is 22.4 Å². The number of rotatable bonds is 3. The van der Waals surface area contributed by atoms with E-state index in [1.807, 2.05) is 0 Å². The van der Waals surface area contributed by atoms with Crippen molar-refractivity contribution in [1.82, 2.24) is 0 Å². The highest BCUT2D eigenvalue weighted by Gasteiger charge is 2.21. The first-order valence-corrected chi connectivity index (χ1v) is 13.4. The van der Waals surface area contributed by atoms with Gasteiger partial charge in [-0.3, -0.25) is 0 Å². The molecule has 0 amide bonds. The van der Waals surface area contributed by atoms with E-state index in [-0.39, 0.29) is 0 Å². The van der Waals surface area contributed by atoms with Crippen molar-refractivity contribution < 1.29 is 4.57 Å². The number of fused-ring (bicyclic) bond motifs is 1. The minimum atomic E-state index is -1.32. The lowest BCUT2D eigenvalue weighted by Crippen LogP contribution is -2.37. The quantitative estimate of drug-likeness (QED) is 0.309. The van der Waals surface area contributed by atoms with Crippen LogP contribution in [0.3, 0.4) is 0 Å². The lowest BCUT2D eigenvalue weighted by Gasteiger charge is -2.17. The zero-order valence-corrected chi connectivity index (χ0v) is 18.5. The summed E-state index contributed by atoms with van der Waals surface area (Å²) >= 11 is 0. The first kappa shape index (κ1) is 18.6. The van der Waals surface area contributed by atoms with Crippen molar-refractivity contribution >= 4 is 24.0 Å². The third-order valence-electron chi connectivity index (χ3n) is 5.59. The number of nitrogens with zero attached hydrogens (tertiary/aromatic N) is 1. The molecular formula is C26H28NSi+. The molecule has 0 radical (unpaired) electrons. The zero-order chi connectivity index (χ0) is 19.9. The van der Waals surface area contributed by atoms with Gasteiger partial charge in [-0.05, 0) is 41.1 Å². The van der Waals surface area contributed by atoms with Gasteiger partial charge in [0.25, 0.3) is 0 Å². The Hall–Kier alpha value is -2.71. The van der Waals surface area contributed by atoms with Gasteiger partial charge in [0.1, 0.15) is 7.05 Å². The van der Waals surface area contributed by atoms with Crippen LogP contribution < -0.4 is 9.75 Å². The van der Waals surface area contributed by atoms with Crippen molar-refractivity contribution in [3.05, 3.63) is 84.6 Å². The highest BCUT2D eigenvalue weighted by Crippen LogP contribution is 2.31. The van der Waals surface area contributed by atoms with Gasteiger partial charge in [0.15, 0.2) is 6.20 Å². The van der Waals surface area contributed by atoms with Gasteiger partial charge < -0.3 is 0 Å². The van der Waals surface area contributed by atoms with Crippen LogP contribution in [0.5, 0.6) is 0 Å². The molecule has 4 rings (SSSR count). The molecule has 0 spiro atoms. The molecule has 1 aromatic heterocycles. The molecule has 1 heterocycles. The lowest BCUT2D eigenvalue weighted by atomic mass is 9.95. The van der Waals surface area contributed by atoms with Crippen LogP contribution in [0.4, 0.5) is 0 Å². The number of hydrogen-bond donors (Lipinski definition) is 0. The van der Waals surface area contributed by atoms with Gasteiger partial charge in [-0.25, -0.2) is 4.57 Å². The molecule has 2 heteroatoms. The third kappa shape index (κ3) is 3.40. The Morgan fingerprint density at radius 1 is 0.750 bits per heavy atom. The summed E-state index contributed by atoms with van der Waals surface area (Å²) in [6, 6.07) is 26.7. The van der Waals surface area contributed by atoms with E-state index in [1.165, 1.54) is 43.9 Å². The predicted octanol–water partition coefficient (Wildman–Crippen LogP) is 5.85. The van der Waals surface area contributed by atoms with E-state index in [0.29, 0.717) is 0 Å².